The maximum Gasteiger partial charge on any atom is 0.154 e. The zero-order valence-corrected chi connectivity index (χ0v) is 9.15. The topological polar surface area (TPSA) is 69.1 Å². The van der Waals surface area contributed by atoms with Gasteiger partial charge < -0.3 is 10.3 Å². The van der Waals surface area contributed by atoms with Gasteiger partial charge in [0, 0.05) is 12.5 Å². The molecule has 0 saturated heterocycles. The van der Waals surface area contributed by atoms with Gasteiger partial charge in [0.15, 0.2) is 5.82 Å². The molecule has 0 bridgehead atoms. The number of hydrogen-bond acceptors (Lipinski definition) is 3. The number of aromatic nitrogens is 3. The summed E-state index contributed by atoms with van der Waals surface area (Å²) in [6, 6.07) is 0. The van der Waals surface area contributed by atoms with Gasteiger partial charge in [0.2, 0.25) is 0 Å². The number of rotatable bonds is 2. The van der Waals surface area contributed by atoms with Gasteiger partial charge in [0.25, 0.3) is 0 Å². The van der Waals surface area contributed by atoms with Crippen LogP contribution >= 0.6 is 0 Å². The van der Waals surface area contributed by atoms with Crippen LogP contribution in [-0.4, -0.2) is 20.6 Å². The standard InChI is InChI=1S/C9H17N5/c1-9(2,3)8(10)11-5-7-13-12-6-14(7)4/h6H,5H2,1-4H3,(H2,10,11). The molecule has 0 atom stereocenters. The van der Waals surface area contributed by atoms with Crippen molar-refractivity contribution in [2.75, 3.05) is 0 Å². The summed E-state index contributed by atoms with van der Waals surface area (Å²) in [7, 11) is 1.89. The summed E-state index contributed by atoms with van der Waals surface area (Å²) in [6.45, 7) is 6.58. The second-order valence-electron chi connectivity index (χ2n) is 4.31. The molecule has 0 aliphatic carbocycles. The van der Waals surface area contributed by atoms with Crippen molar-refractivity contribution in [2.45, 2.75) is 27.3 Å². The van der Waals surface area contributed by atoms with Crippen LogP contribution in [0.15, 0.2) is 11.3 Å². The summed E-state index contributed by atoms with van der Waals surface area (Å²) < 4.78 is 1.83. The third-order valence-electron chi connectivity index (χ3n) is 1.96. The molecule has 78 valence electrons. The van der Waals surface area contributed by atoms with Gasteiger partial charge in [-0.2, -0.15) is 0 Å². The van der Waals surface area contributed by atoms with Gasteiger partial charge in [0.05, 0.1) is 5.84 Å². The van der Waals surface area contributed by atoms with Crippen LogP contribution in [0.2, 0.25) is 0 Å². The summed E-state index contributed by atoms with van der Waals surface area (Å²) in [5, 5.41) is 7.68. The molecule has 5 heteroatoms. The molecule has 1 heterocycles. The van der Waals surface area contributed by atoms with Gasteiger partial charge in [-0.15, -0.1) is 10.2 Å². The van der Waals surface area contributed by atoms with E-state index < -0.39 is 0 Å². The normalized spacial score (nSPS) is 13.3. The van der Waals surface area contributed by atoms with Crippen molar-refractivity contribution in [2.24, 2.45) is 23.2 Å². The van der Waals surface area contributed by atoms with Crippen LogP contribution in [0.5, 0.6) is 0 Å². The molecule has 0 saturated carbocycles. The minimum Gasteiger partial charge on any atom is -0.387 e. The van der Waals surface area contributed by atoms with Crippen molar-refractivity contribution in [1.82, 2.24) is 14.8 Å². The van der Waals surface area contributed by atoms with E-state index in [9.17, 15) is 0 Å². The van der Waals surface area contributed by atoms with E-state index in [2.05, 4.69) is 15.2 Å². The number of hydrogen-bond donors (Lipinski definition) is 1. The molecular weight excluding hydrogens is 178 g/mol. The maximum absolute atomic E-state index is 5.81. The van der Waals surface area contributed by atoms with Gasteiger partial charge in [-0.25, -0.2) is 0 Å². The highest BCUT2D eigenvalue weighted by molar-refractivity contribution is 5.85. The zero-order chi connectivity index (χ0) is 10.8. The van der Waals surface area contributed by atoms with Gasteiger partial charge in [-0.3, -0.25) is 4.99 Å². The molecule has 0 aromatic carbocycles. The lowest BCUT2D eigenvalue weighted by Gasteiger charge is -2.17. The fourth-order valence-corrected chi connectivity index (χ4v) is 0.843. The van der Waals surface area contributed by atoms with E-state index >= 15 is 0 Å². The monoisotopic (exact) mass is 195 g/mol. The molecule has 0 aliphatic heterocycles. The van der Waals surface area contributed by atoms with Crippen molar-refractivity contribution in [3.8, 4) is 0 Å². The molecule has 0 unspecified atom stereocenters. The minimum absolute atomic E-state index is 0.0847. The third kappa shape index (κ3) is 2.55. The van der Waals surface area contributed by atoms with Gasteiger partial charge in [-0.1, -0.05) is 20.8 Å². The van der Waals surface area contributed by atoms with Crippen molar-refractivity contribution >= 4 is 5.84 Å². The number of nitrogens with two attached hydrogens (primary N) is 1. The molecular formula is C9H17N5. The Bertz CT molecular complexity index is 331. The molecule has 0 radical (unpaired) electrons. The number of amidine groups is 1. The molecule has 0 amide bonds. The summed E-state index contributed by atoms with van der Waals surface area (Å²) in [6.07, 6.45) is 1.65. The third-order valence-corrected chi connectivity index (χ3v) is 1.96. The Morgan fingerprint density at radius 1 is 1.57 bits per heavy atom. The van der Waals surface area contributed by atoms with Crippen molar-refractivity contribution in [3.05, 3.63) is 12.2 Å². The molecule has 0 spiro atoms. The number of aliphatic imine (C=N–C) groups is 1. The lowest BCUT2D eigenvalue weighted by Crippen LogP contribution is -2.29. The van der Waals surface area contributed by atoms with E-state index in [1.54, 1.807) is 6.33 Å². The summed E-state index contributed by atoms with van der Waals surface area (Å²) in [5.74, 6) is 1.46. The van der Waals surface area contributed by atoms with Crippen LogP contribution in [0.3, 0.4) is 0 Å². The van der Waals surface area contributed by atoms with Crippen LogP contribution in [0, 0.1) is 5.41 Å². The fraction of sp³-hybridized carbons (Fsp3) is 0.667. The molecule has 14 heavy (non-hydrogen) atoms. The second-order valence-corrected chi connectivity index (χ2v) is 4.31. The van der Waals surface area contributed by atoms with Crippen molar-refractivity contribution in [1.29, 1.82) is 0 Å². The first-order valence-electron chi connectivity index (χ1n) is 4.54. The van der Waals surface area contributed by atoms with E-state index in [0.717, 1.165) is 5.82 Å². The average molecular weight is 195 g/mol. The lowest BCUT2D eigenvalue weighted by atomic mass is 9.95. The predicted molar refractivity (Wildman–Crippen MR) is 55.8 cm³/mol. The SMILES string of the molecule is Cn1cnnc1CN=C(N)C(C)(C)C. The van der Waals surface area contributed by atoms with Crippen LogP contribution in [0.1, 0.15) is 26.6 Å². The van der Waals surface area contributed by atoms with E-state index in [-0.39, 0.29) is 5.41 Å². The quantitative estimate of drug-likeness (QED) is 0.558. The second kappa shape index (κ2) is 3.77. The summed E-state index contributed by atoms with van der Waals surface area (Å²) in [5.41, 5.74) is 5.73. The highest BCUT2D eigenvalue weighted by atomic mass is 15.3. The Labute approximate surface area is 84.0 Å². The van der Waals surface area contributed by atoms with E-state index in [1.165, 1.54) is 0 Å². The van der Waals surface area contributed by atoms with E-state index in [0.29, 0.717) is 12.4 Å². The Kier molecular flexibility index (Phi) is 2.88. The number of nitrogens with zero attached hydrogens (tertiary/aromatic N) is 4. The highest BCUT2D eigenvalue weighted by Crippen LogP contribution is 2.13. The largest absolute Gasteiger partial charge is 0.387 e. The molecule has 1 aromatic heterocycles. The van der Waals surface area contributed by atoms with Gasteiger partial charge in [-0.05, 0) is 0 Å². The Hall–Kier alpha value is -1.39. The summed E-state index contributed by atoms with van der Waals surface area (Å²) >= 11 is 0. The first-order valence-corrected chi connectivity index (χ1v) is 4.54. The Balaban J connectivity index is 2.69. The fourth-order valence-electron chi connectivity index (χ4n) is 0.843. The molecule has 0 aliphatic rings. The van der Waals surface area contributed by atoms with E-state index in [1.807, 2.05) is 32.4 Å². The van der Waals surface area contributed by atoms with E-state index in [4.69, 9.17) is 5.73 Å². The highest BCUT2D eigenvalue weighted by Gasteiger charge is 2.15. The smallest absolute Gasteiger partial charge is 0.154 e. The Morgan fingerprint density at radius 3 is 2.64 bits per heavy atom. The summed E-state index contributed by atoms with van der Waals surface area (Å²) in [4.78, 5) is 4.27. The molecule has 0 fully saturated rings. The molecule has 1 rings (SSSR count). The molecule has 5 nitrogen and oxygen atoms in total. The first-order chi connectivity index (χ1) is 6.41. The lowest BCUT2D eigenvalue weighted by molar-refractivity contribution is 0.579. The molecule has 1 aromatic rings. The van der Waals surface area contributed by atoms with Crippen molar-refractivity contribution in [3.63, 3.8) is 0 Å². The Morgan fingerprint density at radius 2 is 2.21 bits per heavy atom. The van der Waals surface area contributed by atoms with Crippen molar-refractivity contribution < 1.29 is 0 Å². The molecule has 2 N–H and O–H groups in total. The zero-order valence-electron chi connectivity index (χ0n) is 9.15. The minimum atomic E-state index is -0.0847. The van der Waals surface area contributed by atoms with Crippen LogP contribution in [-0.2, 0) is 13.6 Å². The van der Waals surface area contributed by atoms with Crippen LogP contribution in [0.4, 0.5) is 0 Å². The predicted octanol–water partition coefficient (Wildman–Crippen LogP) is 0.718. The van der Waals surface area contributed by atoms with Gasteiger partial charge >= 0.3 is 0 Å². The van der Waals surface area contributed by atoms with Crippen LogP contribution in [0.25, 0.3) is 0 Å². The maximum atomic E-state index is 5.81. The average Bonchev–Trinajstić information content (AvgIpc) is 2.45. The number of aryl methyl sites for hydroxylation is 1. The first kappa shape index (κ1) is 10.7. The van der Waals surface area contributed by atoms with Crippen LogP contribution < -0.4 is 5.73 Å². The van der Waals surface area contributed by atoms with Gasteiger partial charge in [0.1, 0.15) is 12.9 Å².